The summed E-state index contributed by atoms with van der Waals surface area (Å²) in [7, 11) is -3.18. The van der Waals surface area contributed by atoms with Crippen LogP contribution in [0.3, 0.4) is 0 Å². The topological polar surface area (TPSA) is 110 Å². The Balaban J connectivity index is 2.70. The van der Waals surface area contributed by atoms with Gasteiger partial charge in [0, 0.05) is 17.9 Å². The van der Waals surface area contributed by atoms with E-state index in [9.17, 15) is 18.0 Å². The molecule has 0 bridgehead atoms. The normalized spacial score (nSPS) is 12.5. The number of nitrogens with one attached hydrogen (secondary N) is 1. The first-order chi connectivity index (χ1) is 9.67. The third kappa shape index (κ3) is 6.75. The van der Waals surface area contributed by atoms with Crippen LogP contribution in [0.1, 0.15) is 17.3 Å². The first-order valence-corrected chi connectivity index (χ1v) is 8.16. The minimum atomic E-state index is -3.18. The molecule has 2 N–H and O–H groups in total. The highest BCUT2D eigenvalue weighted by Gasteiger charge is 2.14. The van der Waals surface area contributed by atoms with Gasteiger partial charge in [-0.3, -0.25) is 4.79 Å². The number of ether oxygens (including phenoxy) is 1. The molecule has 7 nitrogen and oxygen atoms in total. The summed E-state index contributed by atoms with van der Waals surface area (Å²) < 4.78 is 27.2. The van der Waals surface area contributed by atoms with Gasteiger partial charge in [-0.25, -0.2) is 13.2 Å². The predicted octanol–water partition coefficient (Wildman–Crippen LogP) is 0.313. The molecule has 0 aliphatic carbocycles. The van der Waals surface area contributed by atoms with Crippen molar-refractivity contribution >= 4 is 21.7 Å². The van der Waals surface area contributed by atoms with Gasteiger partial charge in [0.15, 0.2) is 6.61 Å². The molecule has 1 aromatic carbocycles. The van der Waals surface area contributed by atoms with E-state index in [1.807, 2.05) is 0 Å². The van der Waals surface area contributed by atoms with Gasteiger partial charge in [-0.15, -0.1) is 0 Å². The van der Waals surface area contributed by atoms with E-state index >= 15 is 0 Å². The molecule has 0 fully saturated rings. The smallest absolute Gasteiger partial charge is 0.341 e. The number of rotatable bonds is 7. The third-order valence-corrected chi connectivity index (χ3v) is 3.49. The van der Waals surface area contributed by atoms with Gasteiger partial charge in [-0.1, -0.05) is 6.07 Å². The molecule has 0 heterocycles. The number of hydrogen-bond donors (Lipinski definition) is 2. The van der Waals surface area contributed by atoms with Gasteiger partial charge in [0.1, 0.15) is 15.6 Å². The van der Waals surface area contributed by atoms with Crippen LogP contribution in [0, 0.1) is 0 Å². The fourth-order valence-electron chi connectivity index (χ4n) is 1.68. The molecule has 116 valence electrons. The lowest BCUT2D eigenvalue weighted by Gasteiger charge is -2.13. The molecule has 0 aliphatic rings. The molecule has 1 unspecified atom stereocenters. The van der Waals surface area contributed by atoms with Crippen molar-refractivity contribution in [2.45, 2.75) is 13.0 Å². The lowest BCUT2D eigenvalue weighted by atomic mass is 10.2. The van der Waals surface area contributed by atoms with Gasteiger partial charge < -0.3 is 15.2 Å². The van der Waals surface area contributed by atoms with Crippen LogP contribution < -0.4 is 10.1 Å². The Hall–Kier alpha value is -2.09. The van der Waals surface area contributed by atoms with Crippen LogP contribution in [0.15, 0.2) is 24.3 Å². The molecular formula is C13H17NO6S. The van der Waals surface area contributed by atoms with Crippen LogP contribution in [-0.2, 0) is 14.6 Å². The Labute approximate surface area is 122 Å². The Morgan fingerprint density at radius 3 is 2.62 bits per heavy atom. The Morgan fingerprint density at radius 2 is 2.05 bits per heavy atom. The van der Waals surface area contributed by atoms with Gasteiger partial charge in [-0.2, -0.15) is 0 Å². The monoisotopic (exact) mass is 315 g/mol. The van der Waals surface area contributed by atoms with Gasteiger partial charge in [0.2, 0.25) is 0 Å². The lowest BCUT2D eigenvalue weighted by molar-refractivity contribution is -0.139. The van der Waals surface area contributed by atoms with E-state index in [-0.39, 0.29) is 17.1 Å². The van der Waals surface area contributed by atoms with Crippen LogP contribution in [0.4, 0.5) is 0 Å². The minimum Gasteiger partial charge on any atom is -0.482 e. The maximum Gasteiger partial charge on any atom is 0.341 e. The molecule has 1 amide bonds. The highest BCUT2D eigenvalue weighted by molar-refractivity contribution is 7.90. The fraction of sp³-hybridized carbons (Fsp3) is 0.385. The number of carboxylic acids is 1. The lowest BCUT2D eigenvalue weighted by Crippen LogP contribution is -2.37. The number of carbonyl (C=O) groups is 2. The van der Waals surface area contributed by atoms with Crippen molar-refractivity contribution in [2.75, 3.05) is 18.6 Å². The van der Waals surface area contributed by atoms with E-state index in [1.165, 1.54) is 18.2 Å². The Morgan fingerprint density at radius 1 is 1.38 bits per heavy atom. The van der Waals surface area contributed by atoms with E-state index in [0.29, 0.717) is 0 Å². The zero-order valence-electron chi connectivity index (χ0n) is 11.7. The summed E-state index contributed by atoms with van der Waals surface area (Å²) in [5.74, 6) is -1.48. The van der Waals surface area contributed by atoms with Crippen LogP contribution in [0.2, 0.25) is 0 Å². The standard InChI is InChI=1S/C13H17NO6S/c1-9(8-21(2,18)19)14-13(17)10-4-3-5-11(6-10)20-7-12(15)16/h3-6,9H,7-8H2,1-2H3,(H,14,17)(H,15,16). The van der Waals surface area contributed by atoms with E-state index < -0.39 is 34.4 Å². The molecule has 1 atom stereocenters. The second kappa shape index (κ2) is 7.07. The van der Waals surface area contributed by atoms with Gasteiger partial charge in [0.05, 0.1) is 5.75 Å². The van der Waals surface area contributed by atoms with Crippen molar-refractivity contribution in [3.63, 3.8) is 0 Å². The number of amides is 1. The summed E-state index contributed by atoms with van der Waals surface area (Å²) in [5.41, 5.74) is 0.262. The zero-order chi connectivity index (χ0) is 16.0. The van der Waals surface area contributed by atoms with Crippen molar-refractivity contribution in [3.05, 3.63) is 29.8 Å². The number of carbonyl (C=O) groups excluding carboxylic acids is 1. The third-order valence-electron chi connectivity index (χ3n) is 2.39. The average Bonchev–Trinajstić information content (AvgIpc) is 2.34. The summed E-state index contributed by atoms with van der Waals surface area (Å²) in [6, 6.07) is 5.46. The molecule has 1 aromatic rings. The van der Waals surface area contributed by atoms with Crippen LogP contribution in [0.25, 0.3) is 0 Å². The summed E-state index contributed by atoms with van der Waals surface area (Å²) in [6.07, 6.45) is 1.09. The Kier molecular flexibility index (Phi) is 5.71. The molecule has 21 heavy (non-hydrogen) atoms. The second-order valence-electron chi connectivity index (χ2n) is 4.68. The first-order valence-electron chi connectivity index (χ1n) is 6.10. The quantitative estimate of drug-likeness (QED) is 0.749. The number of benzene rings is 1. The minimum absolute atomic E-state index is 0.159. The molecule has 0 saturated carbocycles. The van der Waals surface area contributed by atoms with Crippen molar-refractivity contribution in [2.24, 2.45) is 0 Å². The van der Waals surface area contributed by atoms with Crippen molar-refractivity contribution in [1.29, 1.82) is 0 Å². The molecular weight excluding hydrogens is 298 g/mol. The number of carboxylic acid groups (broad SMARTS) is 1. The van der Waals surface area contributed by atoms with E-state index in [1.54, 1.807) is 13.0 Å². The van der Waals surface area contributed by atoms with Gasteiger partial charge in [0.25, 0.3) is 5.91 Å². The molecule has 8 heteroatoms. The molecule has 0 radical (unpaired) electrons. The molecule has 0 saturated heterocycles. The maximum atomic E-state index is 12.0. The van der Waals surface area contributed by atoms with Crippen molar-refractivity contribution in [1.82, 2.24) is 5.32 Å². The van der Waals surface area contributed by atoms with E-state index in [0.717, 1.165) is 6.26 Å². The Bertz CT molecular complexity index is 625. The number of aliphatic carboxylic acids is 1. The van der Waals surface area contributed by atoms with E-state index in [4.69, 9.17) is 9.84 Å². The van der Waals surface area contributed by atoms with Crippen molar-refractivity contribution < 1.29 is 27.9 Å². The first kappa shape index (κ1) is 17.0. The second-order valence-corrected chi connectivity index (χ2v) is 6.86. The highest BCUT2D eigenvalue weighted by atomic mass is 32.2. The van der Waals surface area contributed by atoms with Crippen LogP contribution >= 0.6 is 0 Å². The summed E-state index contributed by atoms with van der Waals surface area (Å²) in [5, 5.41) is 11.1. The van der Waals surface area contributed by atoms with Crippen molar-refractivity contribution in [3.8, 4) is 5.75 Å². The largest absolute Gasteiger partial charge is 0.482 e. The number of hydrogen-bond acceptors (Lipinski definition) is 5. The maximum absolute atomic E-state index is 12.0. The molecule has 0 aliphatic heterocycles. The molecule has 0 aromatic heterocycles. The van der Waals surface area contributed by atoms with Gasteiger partial charge >= 0.3 is 5.97 Å². The zero-order valence-corrected chi connectivity index (χ0v) is 12.5. The summed E-state index contributed by atoms with van der Waals surface area (Å²) >= 11 is 0. The van der Waals surface area contributed by atoms with E-state index in [2.05, 4.69) is 5.32 Å². The molecule has 1 rings (SSSR count). The molecule has 0 spiro atoms. The summed E-state index contributed by atoms with van der Waals surface area (Å²) in [6.45, 7) is 1.08. The average molecular weight is 315 g/mol. The summed E-state index contributed by atoms with van der Waals surface area (Å²) in [4.78, 5) is 22.4. The SMILES string of the molecule is CC(CS(C)(=O)=O)NC(=O)c1cccc(OCC(=O)O)c1. The predicted molar refractivity (Wildman–Crippen MR) is 76.2 cm³/mol. The van der Waals surface area contributed by atoms with Crippen LogP contribution in [0.5, 0.6) is 5.75 Å². The number of sulfone groups is 1. The fourth-order valence-corrected chi connectivity index (χ4v) is 2.67. The van der Waals surface area contributed by atoms with Crippen LogP contribution in [-0.4, -0.2) is 50.1 Å². The van der Waals surface area contributed by atoms with Gasteiger partial charge in [-0.05, 0) is 25.1 Å². The highest BCUT2D eigenvalue weighted by Crippen LogP contribution is 2.13.